The summed E-state index contributed by atoms with van der Waals surface area (Å²) in [5.74, 6) is -0.222. The van der Waals surface area contributed by atoms with E-state index < -0.39 is 11.9 Å². The summed E-state index contributed by atoms with van der Waals surface area (Å²) in [4.78, 5) is 12.5. The van der Waals surface area contributed by atoms with E-state index in [0.29, 0.717) is 18.7 Å². The van der Waals surface area contributed by atoms with Crippen molar-refractivity contribution in [3.05, 3.63) is 17.0 Å². The van der Waals surface area contributed by atoms with E-state index in [1.807, 2.05) is 5.10 Å². The summed E-state index contributed by atoms with van der Waals surface area (Å²) < 4.78 is 37.7. The topological polar surface area (TPSA) is 49.0 Å². The van der Waals surface area contributed by atoms with Gasteiger partial charge in [0.15, 0.2) is 0 Å². The first-order chi connectivity index (χ1) is 7.39. The summed E-state index contributed by atoms with van der Waals surface area (Å²) in [6, 6.07) is 0. The highest BCUT2D eigenvalue weighted by Gasteiger charge is 2.38. The van der Waals surface area contributed by atoms with Crippen molar-refractivity contribution in [1.82, 2.24) is 15.1 Å². The summed E-state index contributed by atoms with van der Waals surface area (Å²) >= 11 is 0. The molecule has 1 aliphatic heterocycles. The third-order valence-electron chi connectivity index (χ3n) is 2.65. The fourth-order valence-electron chi connectivity index (χ4n) is 1.79. The molecule has 1 aromatic heterocycles. The molecule has 7 heteroatoms. The van der Waals surface area contributed by atoms with E-state index in [9.17, 15) is 18.0 Å². The zero-order valence-corrected chi connectivity index (χ0v) is 8.56. The third-order valence-corrected chi connectivity index (χ3v) is 2.65. The Morgan fingerprint density at radius 3 is 2.75 bits per heavy atom. The molecule has 0 unspecified atom stereocenters. The van der Waals surface area contributed by atoms with Crippen molar-refractivity contribution < 1.29 is 18.0 Å². The molecule has 0 bridgehead atoms. The quantitative estimate of drug-likeness (QED) is 0.735. The highest BCUT2D eigenvalue weighted by molar-refractivity contribution is 5.73. The number of nitrogens with zero attached hydrogens (tertiary/aromatic N) is 2. The van der Waals surface area contributed by atoms with Crippen molar-refractivity contribution in [3.63, 3.8) is 0 Å². The predicted octanol–water partition coefficient (Wildman–Crippen LogP) is 1.33. The van der Waals surface area contributed by atoms with Gasteiger partial charge >= 0.3 is 6.18 Å². The Morgan fingerprint density at radius 2 is 2.19 bits per heavy atom. The highest BCUT2D eigenvalue weighted by Crippen LogP contribution is 2.33. The van der Waals surface area contributed by atoms with Crippen LogP contribution in [0, 0.1) is 0 Å². The molecule has 0 aliphatic carbocycles. The molecular weight excluding hydrogens is 223 g/mol. The van der Waals surface area contributed by atoms with Crippen LogP contribution < -0.4 is 0 Å². The van der Waals surface area contributed by atoms with Crippen LogP contribution in [0.2, 0.25) is 0 Å². The Balaban J connectivity index is 2.35. The van der Waals surface area contributed by atoms with Crippen LogP contribution in [0.15, 0.2) is 0 Å². The molecular formula is C9H10F3N3O. The standard InChI is InChI=1S/C9H10F3N3O/c1-5(16)15-3-2-7-6(4-15)8(14-13-7)9(10,11)12/h2-4H2,1H3,(H,13,14). The zero-order valence-electron chi connectivity index (χ0n) is 8.56. The average Bonchev–Trinajstić information content (AvgIpc) is 2.58. The van der Waals surface area contributed by atoms with Crippen LogP contribution >= 0.6 is 0 Å². The second kappa shape index (κ2) is 3.50. The summed E-state index contributed by atoms with van der Waals surface area (Å²) in [5, 5.41) is 5.64. The Kier molecular flexibility index (Phi) is 2.40. The summed E-state index contributed by atoms with van der Waals surface area (Å²) in [5.41, 5.74) is -0.341. The fraction of sp³-hybridized carbons (Fsp3) is 0.556. The van der Waals surface area contributed by atoms with Crippen LogP contribution in [0.1, 0.15) is 23.9 Å². The number of carbonyl (C=O) groups is 1. The molecule has 88 valence electrons. The highest BCUT2D eigenvalue weighted by atomic mass is 19.4. The normalized spacial score (nSPS) is 16.1. The smallest absolute Gasteiger partial charge is 0.338 e. The van der Waals surface area contributed by atoms with Crippen LogP contribution in [-0.2, 0) is 23.9 Å². The minimum atomic E-state index is -4.44. The molecule has 4 nitrogen and oxygen atoms in total. The van der Waals surface area contributed by atoms with E-state index in [0.717, 1.165) is 0 Å². The molecule has 1 aromatic rings. The third kappa shape index (κ3) is 1.77. The van der Waals surface area contributed by atoms with Gasteiger partial charge in [-0.15, -0.1) is 0 Å². The zero-order chi connectivity index (χ0) is 11.9. The average molecular weight is 233 g/mol. The Hall–Kier alpha value is -1.53. The summed E-state index contributed by atoms with van der Waals surface area (Å²) in [7, 11) is 0. The molecule has 0 radical (unpaired) electrons. The number of H-pyrrole nitrogens is 1. The predicted molar refractivity (Wildman–Crippen MR) is 48.4 cm³/mol. The van der Waals surface area contributed by atoms with Crippen molar-refractivity contribution in [3.8, 4) is 0 Å². The molecule has 0 atom stereocenters. The molecule has 0 spiro atoms. The number of carbonyl (C=O) groups excluding carboxylic acids is 1. The van der Waals surface area contributed by atoms with E-state index in [2.05, 4.69) is 5.10 Å². The maximum absolute atomic E-state index is 12.6. The molecule has 16 heavy (non-hydrogen) atoms. The van der Waals surface area contributed by atoms with E-state index in [1.165, 1.54) is 11.8 Å². The van der Waals surface area contributed by atoms with Gasteiger partial charge in [-0.05, 0) is 0 Å². The van der Waals surface area contributed by atoms with Crippen molar-refractivity contribution in [2.75, 3.05) is 6.54 Å². The van der Waals surface area contributed by atoms with Crippen LogP contribution in [0.3, 0.4) is 0 Å². The van der Waals surface area contributed by atoms with Gasteiger partial charge in [0.2, 0.25) is 5.91 Å². The fourth-order valence-corrected chi connectivity index (χ4v) is 1.79. The van der Waals surface area contributed by atoms with Crippen LogP contribution in [0.4, 0.5) is 13.2 Å². The molecule has 1 N–H and O–H groups in total. The van der Waals surface area contributed by atoms with E-state index >= 15 is 0 Å². The summed E-state index contributed by atoms with van der Waals surface area (Å²) in [6.45, 7) is 1.75. The van der Waals surface area contributed by atoms with Crippen molar-refractivity contribution >= 4 is 5.91 Å². The lowest BCUT2D eigenvalue weighted by molar-refractivity contribution is -0.143. The van der Waals surface area contributed by atoms with Gasteiger partial charge in [0.1, 0.15) is 5.69 Å². The van der Waals surface area contributed by atoms with Gasteiger partial charge in [-0.25, -0.2) is 0 Å². The van der Waals surface area contributed by atoms with Crippen LogP contribution in [0.5, 0.6) is 0 Å². The molecule has 0 fully saturated rings. The van der Waals surface area contributed by atoms with Gasteiger partial charge < -0.3 is 4.90 Å². The number of halogens is 3. The molecule has 0 saturated heterocycles. The Bertz CT molecular complexity index is 424. The van der Waals surface area contributed by atoms with Crippen LogP contribution in [-0.4, -0.2) is 27.5 Å². The number of aromatic amines is 1. The van der Waals surface area contributed by atoms with Gasteiger partial charge in [0.05, 0.1) is 5.69 Å². The first-order valence-electron chi connectivity index (χ1n) is 4.78. The van der Waals surface area contributed by atoms with Gasteiger partial charge in [0.25, 0.3) is 0 Å². The van der Waals surface area contributed by atoms with Crippen molar-refractivity contribution in [2.45, 2.75) is 26.1 Å². The number of fused-ring (bicyclic) bond motifs is 1. The first-order valence-corrected chi connectivity index (χ1v) is 4.78. The number of hydrogen-bond donors (Lipinski definition) is 1. The lowest BCUT2D eigenvalue weighted by Gasteiger charge is -2.25. The maximum Gasteiger partial charge on any atom is 0.433 e. The van der Waals surface area contributed by atoms with E-state index in [4.69, 9.17) is 0 Å². The van der Waals surface area contributed by atoms with Gasteiger partial charge in [0, 0.05) is 32.0 Å². The monoisotopic (exact) mass is 233 g/mol. The van der Waals surface area contributed by atoms with E-state index in [1.54, 1.807) is 0 Å². The molecule has 1 aliphatic rings. The van der Waals surface area contributed by atoms with Gasteiger partial charge in [-0.3, -0.25) is 9.89 Å². The number of hydrogen-bond acceptors (Lipinski definition) is 2. The molecule has 2 heterocycles. The van der Waals surface area contributed by atoms with E-state index in [-0.39, 0.29) is 18.0 Å². The number of aromatic nitrogens is 2. The number of rotatable bonds is 0. The molecule has 0 saturated carbocycles. The van der Waals surface area contributed by atoms with Crippen molar-refractivity contribution in [2.24, 2.45) is 0 Å². The van der Waals surface area contributed by atoms with Crippen LogP contribution in [0.25, 0.3) is 0 Å². The molecule has 2 rings (SSSR count). The molecule has 0 aromatic carbocycles. The minimum absolute atomic E-state index is 0.0178. The number of nitrogens with one attached hydrogen (secondary N) is 1. The number of amides is 1. The Morgan fingerprint density at radius 1 is 1.50 bits per heavy atom. The molecule has 1 amide bonds. The van der Waals surface area contributed by atoms with Gasteiger partial charge in [-0.1, -0.05) is 0 Å². The summed E-state index contributed by atoms with van der Waals surface area (Å²) in [6.07, 6.45) is -4.08. The second-order valence-electron chi connectivity index (χ2n) is 3.71. The maximum atomic E-state index is 12.6. The second-order valence-corrected chi connectivity index (χ2v) is 3.71. The van der Waals surface area contributed by atoms with Crippen molar-refractivity contribution in [1.29, 1.82) is 0 Å². The van der Waals surface area contributed by atoms with Gasteiger partial charge in [-0.2, -0.15) is 18.3 Å². The first kappa shape index (κ1) is 11.0. The largest absolute Gasteiger partial charge is 0.433 e. The minimum Gasteiger partial charge on any atom is -0.338 e. The lowest BCUT2D eigenvalue weighted by Crippen LogP contribution is -2.34. The number of alkyl halides is 3. The Labute approximate surface area is 89.4 Å². The SMILES string of the molecule is CC(=O)N1CCc2n[nH]c(C(F)(F)F)c2C1. The lowest BCUT2D eigenvalue weighted by atomic mass is 10.1.